The van der Waals surface area contributed by atoms with Gasteiger partial charge in [-0.25, -0.2) is 13.5 Å². The van der Waals surface area contributed by atoms with Crippen molar-refractivity contribution in [3.63, 3.8) is 0 Å². The largest absolute Gasteiger partial charge is 0.346 e. The van der Waals surface area contributed by atoms with E-state index in [1.165, 1.54) is 18.3 Å². The molecular weight excluding hydrogens is 320 g/mol. The fourth-order valence-electron chi connectivity index (χ4n) is 2.60. The molecule has 0 bridgehead atoms. The number of anilines is 1. The predicted octanol–water partition coefficient (Wildman–Crippen LogP) is 5.51. The van der Waals surface area contributed by atoms with Crippen LogP contribution in [0, 0.1) is 6.92 Å². The summed E-state index contributed by atoms with van der Waals surface area (Å²) < 4.78 is 29.1. The van der Waals surface area contributed by atoms with Gasteiger partial charge in [-0.2, -0.15) is 0 Å². The first-order chi connectivity index (χ1) is 11.9. The van der Waals surface area contributed by atoms with Gasteiger partial charge in [0.15, 0.2) is 5.82 Å². The van der Waals surface area contributed by atoms with E-state index in [4.69, 9.17) is 0 Å². The van der Waals surface area contributed by atoms with Crippen molar-refractivity contribution in [2.75, 3.05) is 5.32 Å². The maximum Gasteiger partial charge on any atom is 0.270 e. The molecule has 0 saturated heterocycles. The topological polar surface area (TPSA) is 29.9 Å². The van der Waals surface area contributed by atoms with Crippen LogP contribution in [0.1, 0.15) is 18.1 Å². The van der Waals surface area contributed by atoms with E-state index in [0.717, 1.165) is 23.9 Å². The minimum Gasteiger partial charge on any atom is -0.346 e. The summed E-state index contributed by atoms with van der Waals surface area (Å²) in [5.74, 6) is -2.30. The first-order valence-electron chi connectivity index (χ1n) is 7.92. The van der Waals surface area contributed by atoms with Crippen molar-refractivity contribution in [2.24, 2.45) is 0 Å². The summed E-state index contributed by atoms with van der Waals surface area (Å²) in [7, 11) is 0. The smallest absolute Gasteiger partial charge is 0.270 e. The minimum absolute atomic E-state index is 0.0279. The van der Waals surface area contributed by atoms with Crippen LogP contribution in [0.25, 0.3) is 16.9 Å². The van der Waals surface area contributed by atoms with Crippen molar-refractivity contribution in [2.45, 2.75) is 19.8 Å². The molecule has 0 aliphatic carbocycles. The van der Waals surface area contributed by atoms with Crippen LogP contribution in [0.15, 0.2) is 67.4 Å². The molecule has 3 aromatic rings. The van der Waals surface area contributed by atoms with E-state index in [2.05, 4.69) is 17.0 Å². The summed E-state index contributed by atoms with van der Waals surface area (Å²) in [5, 5.41) is 7.46. The number of nitrogens with one attached hydrogen (secondary N) is 1. The molecule has 0 spiro atoms. The Hall–Kier alpha value is -2.95. The quantitative estimate of drug-likeness (QED) is 0.664. The molecule has 1 heterocycles. The molecule has 5 heteroatoms. The van der Waals surface area contributed by atoms with Crippen LogP contribution in [0.2, 0.25) is 0 Å². The number of benzene rings is 2. The van der Waals surface area contributed by atoms with Crippen LogP contribution in [0.3, 0.4) is 0 Å². The summed E-state index contributed by atoms with van der Waals surface area (Å²) in [6, 6.07) is 16.0. The number of nitrogens with zero attached hydrogens (tertiary/aromatic N) is 2. The molecule has 0 aliphatic heterocycles. The number of rotatable bonds is 5. The second kappa shape index (κ2) is 6.51. The van der Waals surface area contributed by atoms with Crippen molar-refractivity contribution < 1.29 is 8.78 Å². The van der Waals surface area contributed by atoms with Gasteiger partial charge in [0.05, 0.1) is 11.4 Å². The third kappa shape index (κ3) is 3.60. The van der Waals surface area contributed by atoms with Gasteiger partial charge < -0.3 is 5.32 Å². The van der Waals surface area contributed by atoms with Gasteiger partial charge in [0.25, 0.3) is 5.92 Å². The Kier molecular flexibility index (Phi) is 4.40. The lowest BCUT2D eigenvalue weighted by molar-refractivity contribution is 0.0175. The second-order valence-electron chi connectivity index (χ2n) is 5.98. The number of alkyl halides is 2. The zero-order valence-corrected chi connectivity index (χ0v) is 14.1. The normalized spacial score (nSPS) is 11.4. The van der Waals surface area contributed by atoms with Crippen LogP contribution >= 0.6 is 0 Å². The Bertz CT molecular complexity index is 890. The fourth-order valence-corrected chi connectivity index (χ4v) is 2.60. The number of hydrogen-bond donors (Lipinski definition) is 1. The van der Waals surface area contributed by atoms with Crippen molar-refractivity contribution in [1.82, 2.24) is 9.78 Å². The van der Waals surface area contributed by atoms with Crippen LogP contribution in [-0.4, -0.2) is 9.78 Å². The molecule has 3 rings (SSSR count). The molecule has 0 amide bonds. The van der Waals surface area contributed by atoms with Gasteiger partial charge in [-0.3, -0.25) is 0 Å². The Labute approximate surface area is 145 Å². The average Bonchev–Trinajstić information content (AvgIpc) is 2.99. The SMILES string of the molecule is C=CNc1cc(-c2cccc(C(C)(F)F)c2)n(-c2ccc(C)cc2)n1. The lowest BCUT2D eigenvalue weighted by Crippen LogP contribution is -2.07. The maximum atomic E-state index is 13.7. The summed E-state index contributed by atoms with van der Waals surface area (Å²) >= 11 is 0. The molecule has 0 fully saturated rings. The molecule has 2 aromatic carbocycles. The monoisotopic (exact) mass is 339 g/mol. The molecule has 0 atom stereocenters. The Morgan fingerprint density at radius 2 is 1.84 bits per heavy atom. The first kappa shape index (κ1) is 16.9. The molecule has 0 aliphatic rings. The van der Waals surface area contributed by atoms with Gasteiger partial charge in [0, 0.05) is 24.1 Å². The highest BCUT2D eigenvalue weighted by atomic mass is 19.3. The molecule has 0 radical (unpaired) electrons. The zero-order valence-electron chi connectivity index (χ0n) is 14.1. The van der Waals surface area contributed by atoms with Gasteiger partial charge in [-0.1, -0.05) is 42.5 Å². The summed E-state index contributed by atoms with van der Waals surface area (Å²) in [5.41, 5.74) is 3.35. The van der Waals surface area contributed by atoms with Crippen molar-refractivity contribution >= 4 is 5.82 Å². The molecule has 1 N–H and O–H groups in total. The van der Waals surface area contributed by atoms with Crippen molar-refractivity contribution in [3.8, 4) is 16.9 Å². The predicted molar refractivity (Wildman–Crippen MR) is 97.1 cm³/mol. The van der Waals surface area contributed by atoms with E-state index in [1.54, 1.807) is 16.8 Å². The van der Waals surface area contributed by atoms with E-state index < -0.39 is 5.92 Å². The standard InChI is InChI=1S/C20H19F2N3/c1-4-23-19-13-18(15-6-5-7-16(12-15)20(3,21)22)25(24-19)17-10-8-14(2)9-11-17/h4-13H,1H2,2-3H3,(H,23,24). The molecule has 25 heavy (non-hydrogen) atoms. The first-order valence-corrected chi connectivity index (χ1v) is 7.92. The molecule has 1 aromatic heterocycles. The Morgan fingerprint density at radius 3 is 2.48 bits per heavy atom. The van der Waals surface area contributed by atoms with Gasteiger partial charge in [0.2, 0.25) is 0 Å². The van der Waals surface area contributed by atoms with Crippen LogP contribution in [0.4, 0.5) is 14.6 Å². The number of aromatic nitrogens is 2. The lowest BCUT2D eigenvalue weighted by atomic mass is 10.0. The molecule has 128 valence electrons. The van der Waals surface area contributed by atoms with E-state index in [1.807, 2.05) is 37.3 Å². The fraction of sp³-hybridized carbons (Fsp3) is 0.150. The van der Waals surface area contributed by atoms with Crippen LogP contribution in [0.5, 0.6) is 0 Å². The Balaban J connectivity index is 2.15. The van der Waals surface area contributed by atoms with E-state index in [9.17, 15) is 8.78 Å². The third-order valence-electron chi connectivity index (χ3n) is 3.90. The minimum atomic E-state index is -2.90. The zero-order chi connectivity index (χ0) is 18.0. The van der Waals surface area contributed by atoms with Gasteiger partial charge in [-0.15, -0.1) is 5.10 Å². The summed E-state index contributed by atoms with van der Waals surface area (Å²) in [6.07, 6.45) is 1.53. The maximum absolute atomic E-state index is 13.7. The molecule has 0 saturated carbocycles. The Morgan fingerprint density at radius 1 is 1.12 bits per heavy atom. The summed E-state index contributed by atoms with van der Waals surface area (Å²) in [4.78, 5) is 0. The third-order valence-corrected chi connectivity index (χ3v) is 3.90. The average molecular weight is 339 g/mol. The van der Waals surface area contributed by atoms with E-state index >= 15 is 0 Å². The highest BCUT2D eigenvalue weighted by Crippen LogP contribution is 2.32. The van der Waals surface area contributed by atoms with Crippen LogP contribution in [-0.2, 0) is 5.92 Å². The van der Waals surface area contributed by atoms with Crippen molar-refractivity contribution in [3.05, 3.63) is 78.5 Å². The highest BCUT2D eigenvalue weighted by Gasteiger charge is 2.25. The lowest BCUT2D eigenvalue weighted by Gasteiger charge is -2.13. The number of aryl methyl sites for hydroxylation is 1. The molecular formula is C20H19F2N3. The second-order valence-corrected chi connectivity index (χ2v) is 5.98. The highest BCUT2D eigenvalue weighted by molar-refractivity contribution is 5.67. The van der Waals surface area contributed by atoms with Crippen LogP contribution < -0.4 is 5.32 Å². The molecule has 3 nitrogen and oxygen atoms in total. The molecule has 0 unspecified atom stereocenters. The number of hydrogen-bond acceptors (Lipinski definition) is 2. The number of halogens is 2. The van der Waals surface area contributed by atoms with E-state index in [-0.39, 0.29) is 5.56 Å². The van der Waals surface area contributed by atoms with Gasteiger partial charge in [0.1, 0.15) is 0 Å². The van der Waals surface area contributed by atoms with E-state index in [0.29, 0.717) is 11.4 Å². The summed E-state index contributed by atoms with van der Waals surface area (Å²) in [6.45, 7) is 6.54. The van der Waals surface area contributed by atoms with Crippen molar-refractivity contribution in [1.29, 1.82) is 0 Å². The van der Waals surface area contributed by atoms with Gasteiger partial charge >= 0.3 is 0 Å². The van der Waals surface area contributed by atoms with Gasteiger partial charge in [-0.05, 0) is 31.3 Å².